The van der Waals surface area contributed by atoms with Crippen molar-refractivity contribution >= 4 is 6.08 Å². The van der Waals surface area contributed by atoms with E-state index in [4.69, 9.17) is 4.74 Å². The minimum absolute atomic E-state index is 0.134. The van der Waals surface area contributed by atoms with Crippen LogP contribution in [0.5, 0.6) is 5.75 Å². The fourth-order valence-corrected chi connectivity index (χ4v) is 3.35. The standard InChI is InChI=1S/C19H25N5O/c1-18(2,3)24-21-17(20-22-24)14-23-12-10-19(11-13-23)9-8-15-6-4-5-7-16(15)25-19/h4-9H,10-14H2,1-3H3. The maximum atomic E-state index is 6.35. The van der Waals surface area contributed by atoms with Crippen molar-refractivity contribution in [1.29, 1.82) is 0 Å². The Hall–Kier alpha value is -2.21. The van der Waals surface area contributed by atoms with E-state index in [1.54, 1.807) is 4.80 Å². The fraction of sp³-hybridized carbons (Fsp3) is 0.526. The Labute approximate surface area is 148 Å². The summed E-state index contributed by atoms with van der Waals surface area (Å²) in [5.74, 6) is 1.78. The Bertz CT molecular complexity index is 781. The van der Waals surface area contributed by atoms with E-state index >= 15 is 0 Å². The molecule has 1 aromatic carbocycles. The van der Waals surface area contributed by atoms with Crippen LogP contribution in [0.2, 0.25) is 0 Å². The van der Waals surface area contributed by atoms with E-state index in [0.717, 1.165) is 44.0 Å². The average molecular weight is 339 g/mol. The lowest BCUT2D eigenvalue weighted by Crippen LogP contribution is -2.47. The van der Waals surface area contributed by atoms with Crippen LogP contribution in [-0.4, -0.2) is 43.8 Å². The van der Waals surface area contributed by atoms with Crippen LogP contribution >= 0.6 is 0 Å². The van der Waals surface area contributed by atoms with Gasteiger partial charge in [-0.2, -0.15) is 4.80 Å². The minimum Gasteiger partial charge on any atom is -0.482 e. The largest absolute Gasteiger partial charge is 0.482 e. The molecule has 1 spiro atoms. The molecule has 1 fully saturated rings. The van der Waals surface area contributed by atoms with Gasteiger partial charge in [0.25, 0.3) is 0 Å². The summed E-state index contributed by atoms with van der Waals surface area (Å²) in [6, 6.07) is 8.23. The molecule has 0 bridgehead atoms. The van der Waals surface area contributed by atoms with Gasteiger partial charge in [0.15, 0.2) is 5.82 Å². The Morgan fingerprint density at radius 1 is 1.16 bits per heavy atom. The van der Waals surface area contributed by atoms with Crippen LogP contribution in [0.4, 0.5) is 0 Å². The first-order chi connectivity index (χ1) is 11.9. The maximum absolute atomic E-state index is 6.35. The molecule has 6 nitrogen and oxygen atoms in total. The number of hydrogen-bond acceptors (Lipinski definition) is 5. The molecule has 3 heterocycles. The van der Waals surface area contributed by atoms with Crippen molar-refractivity contribution in [2.75, 3.05) is 13.1 Å². The van der Waals surface area contributed by atoms with Crippen LogP contribution in [0.3, 0.4) is 0 Å². The summed E-state index contributed by atoms with van der Waals surface area (Å²) in [5, 5.41) is 12.9. The van der Waals surface area contributed by atoms with Crippen molar-refractivity contribution in [1.82, 2.24) is 25.1 Å². The molecular weight excluding hydrogens is 314 g/mol. The molecule has 2 aromatic rings. The minimum atomic E-state index is -0.165. The summed E-state index contributed by atoms with van der Waals surface area (Å²) in [7, 11) is 0. The third-order valence-electron chi connectivity index (χ3n) is 4.92. The molecule has 0 aliphatic carbocycles. The summed E-state index contributed by atoms with van der Waals surface area (Å²) in [6.07, 6.45) is 6.39. The van der Waals surface area contributed by atoms with Gasteiger partial charge in [0.2, 0.25) is 0 Å². The van der Waals surface area contributed by atoms with Crippen molar-refractivity contribution in [3.8, 4) is 5.75 Å². The zero-order valence-corrected chi connectivity index (χ0v) is 15.1. The molecule has 1 aromatic heterocycles. The second-order valence-corrected chi connectivity index (χ2v) is 7.98. The van der Waals surface area contributed by atoms with Crippen molar-refractivity contribution in [3.05, 3.63) is 41.7 Å². The van der Waals surface area contributed by atoms with E-state index in [9.17, 15) is 0 Å². The SMILES string of the molecule is CC(C)(C)n1nnc(CN2CCC3(C=Cc4ccccc4O3)CC2)n1. The van der Waals surface area contributed by atoms with Crippen LogP contribution < -0.4 is 4.74 Å². The highest BCUT2D eigenvalue weighted by Crippen LogP contribution is 2.37. The molecule has 0 atom stereocenters. The molecule has 6 heteroatoms. The number of nitrogens with zero attached hydrogens (tertiary/aromatic N) is 5. The van der Waals surface area contributed by atoms with Gasteiger partial charge < -0.3 is 4.74 Å². The topological polar surface area (TPSA) is 56.1 Å². The number of para-hydroxylation sites is 1. The highest BCUT2D eigenvalue weighted by Gasteiger charge is 2.36. The second-order valence-electron chi connectivity index (χ2n) is 7.98. The Morgan fingerprint density at radius 3 is 2.64 bits per heavy atom. The predicted molar refractivity (Wildman–Crippen MR) is 96.2 cm³/mol. The average Bonchev–Trinajstić information content (AvgIpc) is 3.06. The summed E-state index contributed by atoms with van der Waals surface area (Å²) in [5.41, 5.74) is 0.866. The van der Waals surface area contributed by atoms with Gasteiger partial charge in [-0.1, -0.05) is 24.3 Å². The Morgan fingerprint density at radius 2 is 1.92 bits per heavy atom. The number of likely N-dealkylation sites (tertiary alicyclic amines) is 1. The molecule has 0 N–H and O–H groups in total. The zero-order valence-electron chi connectivity index (χ0n) is 15.1. The third kappa shape index (κ3) is 3.31. The lowest BCUT2D eigenvalue weighted by Gasteiger charge is -2.41. The fourth-order valence-electron chi connectivity index (χ4n) is 3.35. The van der Waals surface area contributed by atoms with E-state index in [2.05, 4.69) is 65.4 Å². The molecule has 25 heavy (non-hydrogen) atoms. The van der Waals surface area contributed by atoms with Gasteiger partial charge in [-0.15, -0.1) is 10.2 Å². The number of tetrazole rings is 1. The van der Waals surface area contributed by atoms with Gasteiger partial charge in [-0.3, -0.25) is 4.90 Å². The van der Waals surface area contributed by atoms with Gasteiger partial charge in [0, 0.05) is 31.5 Å². The Kier molecular flexibility index (Phi) is 3.87. The van der Waals surface area contributed by atoms with E-state index in [1.807, 2.05) is 12.1 Å². The monoisotopic (exact) mass is 339 g/mol. The van der Waals surface area contributed by atoms with Crippen LogP contribution in [0.25, 0.3) is 6.08 Å². The number of ether oxygens (including phenoxy) is 1. The van der Waals surface area contributed by atoms with E-state index in [1.165, 1.54) is 5.56 Å². The third-order valence-corrected chi connectivity index (χ3v) is 4.92. The van der Waals surface area contributed by atoms with Crippen LogP contribution in [0.1, 0.15) is 45.0 Å². The van der Waals surface area contributed by atoms with Crippen LogP contribution in [0.15, 0.2) is 30.3 Å². The summed E-state index contributed by atoms with van der Waals surface area (Å²) in [4.78, 5) is 4.07. The molecule has 0 saturated carbocycles. The molecule has 0 amide bonds. The maximum Gasteiger partial charge on any atom is 0.188 e. The van der Waals surface area contributed by atoms with Crippen molar-refractivity contribution in [2.45, 2.75) is 51.3 Å². The molecule has 2 aliphatic heterocycles. The summed E-state index contributed by atoms with van der Waals surface area (Å²) in [6.45, 7) is 8.91. The van der Waals surface area contributed by atoms with Crippen LogP contribution in [0, 0.1) is 0 Å². The van der Waals surface area contributed by atoms with Gasteiger partial charge >= 0.3 is 0 Å². The summed E-state index contributed by atoms with van der Waals surface area (Å²) < 4.78 is 6.35. The lowest BCUT2D eigenvalue weighted by atomic mass is 9.88. The van der Waals surface area contributed by atoms with Gasteiger partial charge in [-0.05, 0) is 38.1 Å². The molecule has 0 unspecified atom stereocenters. The van der Waals surface area contributed by atoms with E-state index in [0.29, 0.717) is 0 Å². The normalized spacial score (nSPS) is 19.6. The molecule has 0 radical (unpaired) electrons. The number of hydrogen-bond donors (Lipinski definition) is 0. The first-order valence-electron chi connectivity index (χ1n) is 8.93. The first-order valence-corrected chi connectivity index (χ1v) is 8.93. The van der Waals surface area contributed by atoms with Crippen molar-refractivity contribution in [2.24, 2.45) is 0 Å². The quantitative estimate of drug-likeness (QED) is 0.842. The molecular formula is C19H25N5O. The van der Waals surface area contributed by atoms with Crippen molar-refractivity contribution in [3.63, 3.8) is 0 Å². The number of rotatable bonds is 2. The molecule has 1 saturated heterocycles. The zero-order chi connectivity index (χ0) is 17.5. The number of piperidine rings is 1. The highest BCUT2D eigenvalue weighted by atomic mass is 16.5. The highest BCUT2D eigenvalue weighted by molar-refractivity contribution is 5.60. The first kappa shape index (κ1) is 16.3. The smallest absolute Gasteiger partial charge is 0.188 e. The number of fused-ring (bicyclic) bond motifs is 1. The van der Waals surface area contributed by atoms with E-state index in [-0.39, 0.29) is 11.1 Å². The number of benzene rings is 1. The molecule has 4 rings (SSSR count). The van der Waals surface area contributed by atoms with Gasteiger partial charge in [0.05, 0.1) is 12.1 Å². The van der Waals surface area contributed by atoms with E-state index < -0.39 is 0 Å². The van der Waals surface area contributed by atoms with Gasteiger partial charge in [0.1, 0.15) is 11.4 Å². The van der Waals surface area contributed by atoms with Gasteiger partial charge in [-0.25, -0.2) is 0 Å². The second kappa shape index (κ2) is 5.95. The summed E-state index contributed by atoms with van der Waals surface area (Å²) >= 11 is 0. The predicted octanol–water partition coefficient (Wildman–Crippen LogP) is 2.87. The lowest BCUT2D eigenvalue weighted by molar-refractivity contribution is 0.0352. The van der Waals surface area contributed by atoms with Crippen LogP contribution in [-0.2, 0) is 12.1 Å². The Balaban J connectivity index is 1.39. The molecule has 132 valence electrons. The molecule has 2 aliphatic rings. The van der Waals surface area contributed by atoms with Crippen molar-refractivity contribution < 1.29 is 4.74 Å². The number of aromatic nitrogens is 4.